The molecule has 1 rings (SSSR count). The molecule has 114 valence electrons. The Balaban J connectivity index is 0.000000396. The van der Waals surface area contributed by atoms with Crippen molar-refractivity contribution in [1.29, 1.82) is 0 Å². The van der Waals surface area contributed by atoms with Gasteiger partial charge in [0.2, 0.25) is 0 Å². The average molecular weight is 284 g/mol. The van der Waals surface area contributed by atoms with Crippen LogP contribution in [0, 0.1) is 0 Å². The zero-order valence-electron chi connectivity index (χ0n) is 12.6. The molecule has 5 nitrogen and oxygen atoms in total. The maximum atomic E-state index is 10.9. The summed E-state index contributed by atoms with van der Waals surface area (Å²) < 4.78 is 14.8. The summed E-state index contributed by atoms with van der Waals surface area (Å²) in [5, 5.41) is 0. The van der Waals surface area contributed by atoms with Gasteiger partial charge in [0, 0.05) is 17.8 Å². The van der Waals surface area contributed by atoms with E-state index in [-0.39, 0.29) is 18.0 Å². The molecule has 0 spiro atoms. The summed E-state index contributed by atoms with van der Waals surface area (Å²) in [6.45, 7) is 13.5. The Morgan fingerprint density at radius 3 is 2.05 bits per heavy atom. The third-order valence-corrected chi connectivity index (χ3v) is 2.40. The highest BCUT2D eigenvalue weighted by molar-refractivity contribution is 5.87. The minimum absolute atomic E-state index is 0.105. The van der Waals surface area contributed by atoms with E-state index < -0.39 is 0 Å². The Bertz CT molecular complexity index is 353. The third-order valence-electron chi connectivity index (χ3n) is 2.40. The molecular formula is C15H24O5. The van der Waals surface area contributed by atoms with Crippen molar-refractivity contribution in [2.75, 3.05) is 19.8 Å². The number of ether oxygens (including phenoxy) is 3. The van der Waals surface area contributed by atoms with E-state index in [0.717, 1.165) is 19.4 Å². The monoisotopic (exact) mass is 284 g/mol. The molecular weight excluding hydrogens is 260 g/mol. The van der Waals surface area contributed by atoms with E-state index in [4.69, 9.17) is 9.47 Å². The summed E-state index contributed by atoms with van der Waals surface area (Å²) in [5.74, 6) is -0.641. The predicted molar refractivity (Wildman–Crippen MR) is 76.2 cm³/mol. The SMILES string of the molecule is C=C(C)C(=O)OCC.C=C(C)C(=O)OCC1CCCO1. The van der Waals surface area contributed by atoms with Gasteiger partial charge in [-0.05, 0) is 33.6 Å². The van der Waals surface area contributed by atoms with E-state index in [1.165, 1.54) is 0 Å². The first-order chi connectivity index (χ1) is 9.38. The lowest BCUT2D eigenvalue weighted by Crippen LogP contribution is -2.17. The second-order valence-electron chi connectivity index (χ2n) is 4.51. The number of hydrogen-bond donors (Lipinski definition) is 0. The molecule has 1 atom stereocenters. The molecule has 0 aromatic carbocycles. The lowest BCUT2D eigenvalue weighted by molar-refractivity contribution is -0.142. The maximum Gasteiger partial charge on any atom is 0.333 e. The Morgan fingerprint density at radius 2 is 1.70 bits per heavy atom. The van der Waals surface area contributed by atoms with Gasteiger partial charge in [0.05, 0.1) is 12.7 Å². The summed E-state index contributed by atoms with van der Waals surface area (Å²) in [4.78, 5) is 21.3. The first-order valence-electron chi connectivity index (χ1n) is 6.65. The minimum Gasteiger partial charge on any atom is -0.463 e. The Labute approximate surface area is 120 Å². The van der Waals surface area contributed by atoms with Crippen molar-refractivity contribution in [3.05, 3.63) is 24.3 Å². The quantitative estimate of drug-likeness (QED) is 0.573. The van der Waals surface area contributed by atoms with Crippen LogP contribution in [0.2, 0.25) is 0 Å². The van der Waals surface area contributed by atoms with Crippen molar-refractivity contribution in [2.45, 2.75) is 39.7 Å². The lowest BCUT2D eigenvalue weighted by atomic mass is 10.2. The van der Waals surface area contributed by atoms with Gasteiger partial charge in [0.1, 0.15) is 6.61 Å². The van der Waals surface area contributed by atoms with Gasteiger partial charge in [0.15, 0.2) is 0 Å². The zero-order valence-corrected chi connectivity index (χ0v) is 12.6. The van der Waals surface area contributed by atoms with Crippen LogP contribution in [0.25, 0.3) is 0 Å². The third kappa shape index (κ3) is 8.48. The van der Waals surface area contributed by atoms with Crippen LogP contribution in [0.15, 0.2) is 24.3 Å². The maximum absolute atomic E-state index is 10.9. The van der Waals surface area contributed by atoms with Crippen molar-refractivity contribution >= 4 is 11.9 Å². The summed E-state index contributed by atoms with van der Waals surface area (Å²) in [6, 6.07) is 0. The van der Waals surface area contributed by atoms with Crippen molar-refractivity contribution in [2.24, 2.45) is 0 Å². The summed E-state index contributed by atoms with van der Waals surface area (Å²) in [7, 11) is 0. The zero-order chi connectivity index (χ0) is 15.5. The Morgan fingerprint density at radius 1 is 1.15 bits per heavy atom. The Hall–Kier alpha value is -1.62. The van der Waals surface area contributed by atoms with Gasteiger partial charge in [-0.15, -0.1) is 0 Å². The van der Waals surface area contributed by atoms with Crippen molar-refractivity contribution < 1.29 is 23.8 Å². The smallest absolute Gasteiger partial charge is 0.333 e. The van der Waals surface area contributed by atoms with Gasteiger partial charge in [-0.1, -0.05) is 13.2 Å². The summed E-state index contributed by atoms with van der Waals surface area (Å²) in [5.41, 5.74) is 0.889. The molecule has 1 aliphatic heterocycles. The van der Waals surface area contributed by atoms with Crippen LogP contribution in [-0.2, 0) is 23.8 Å². The van der Waals surface area contributed by atoms with Gasteiger partial charge in [-0.25, -0.2) is 9.59 Å². The average Bonchev–Trinajstić information content (AvgIpc) is 2.89. The molecule has 0 bridgehead atoms. The first-order valence-corrected chi connectivity index (χ1v) is 6.65. The topological polar surface area (TPSA) is 61.8 Å². The molecule has 0 radical (unpaired) electrons. The van der Waals surface area contributed by atoms with Crippen LogP contribution in [0.3, 0.4) is 0 Å². The number of carbonyl (C=O) groups is 2. The van der Waals surface area contributed by atoms with Crippen molar-refractivity contribution in [1.82, 2.24) is 0 Å². The van der Waals surface area contributed by atoms with Gasteiger partial charge < -0.3 is 14.2 Å². The molecule has 0 aromatic heterocycles. The van der Waals surface area contributed by atoms with Gasteiger partial charge in [0.25, 0.3) is 0 Å². The number of esters is 2. The largest absolute Gasteiger partial charge is 0.463 e. The summed E-state index contributed by atoms with van der Waals surface area (Å²) >= 11 is 0. The molecule has 0 amide bonds. The molecule has 1 aliphatic rings. The van der Waals surface area contributed by atoms with Crippen LogP contribution in [0.4, 0.5) is 0 Å². The molecule has 0 aromatic rings. The van der Waals surface area contributed by atoms with E-state index in [1.54, 1.807) is 20.8 Å². The molecule has 1 saturated heterocycles. The van der Waals surface area contributed by atoms with E-state index in [9.17, 15) is 9.59 Å². The highest BCUT2D eigenvalue weighted by Gasteiger charge is 2.17. The van der Waals surface area contributed by atoms with E-state index >= 15 is 0 Å². The normalized spacial score (nSPS) is 16.6. The van der Waals surface area contributed by atoms with Crippen LogP contribution in [0.5, 0.6) is 0 Å². The molecule has 0 saturated carbocycles. The lowest BCUT2D eigenvalue weighted by Gasteiger charge is -2.09. The van der Waals surface area contributed by atoms with E-state index in [2.05, 4.69) is 17.9 Å². The molecule has 0 N–H and O–H groups in total. The predicted octanol–water partition coefficient (Wildman–Crippen LogP) is 2.41. The highest BCUT2D eigenvalue weighted by atomic mass is 16.6. The van der Waals surface area contributed by atoms with Crippen LogP contribution < -0.4 is 0 Å². The van der Waals surface area contributed by atoms with Gasteiger partial charge in [-0.2, -0.15) is 0 Å². The van der Waals surface area contributed by atoms with Crippen molar-refractivity contribution in [3.63, 3.8) is 0 Å². The van der Waals surface area contributed by atoms with Crippen LogP contribution >= 0.6 is 0 Å². The molecule has 0 aliphatic carbocycles. The Kier molecular flexibility index (Phi) is 9.38. The first kappa shape index (κ1) is 18.4. The van der Waals surface area contributed by atoms with E-state index in [0.29, 0.717) is 24.4 Å². The van der Waals surface area contributed by atoms with E-state index in [1.807, 2.05) is 0 Å². The number of rotatable bonds is 5. The highest BCUT2D eigenvalue weighted by Crippen LogP contribution is 2.12. The van der Waals surface area contributed by atoms with Crippen LogP contribution in [-0.4, -0.2) is 37.9 Å². The fourth-order valence-electron chi connectivity index (χ4n) is 1.32. The van der Waals surface area contributed by atoms with Gasteiger partial charge in [-0.3, -0.25) is 0 Å². The fraction of sp³-hybridized carbons (Fsp3) is 0.600. The molecule has 1 unspecified atom stereocenters. The van der Waals surface area contributed by atoms with Crippen LogP contribution in [0.1, 0.15) is 33.6 Å². The van der Waals surface area contributed by atoms with Crippen molar-refractivity contribution in [3.8, 4) is 0 Å². The minimum atomic E-state index is -0.328. The summed E-state index contributed by atoms with van der Waals surface area (Å²) in [6.07, 6.45) is 2.16. The molecule has 1 fully saturated rings. The molecule has 1 heterocycles. The standard InChI is InChI=1S/C9H14O3.C6H10O2/c1-7(2)9(10)12-6-8-4-3-5-11-8;1-4-8-6(7)5(2)3/h8H,1,3-6H2,2H3;2,4H2,1,3H3. The second kappa shape index (κ2) is 10.2. The molecule has 20 heavy (non-hydrogen) atoms. The second-order valence-corrected chi connectivity index (χ2v) is 4.51. The van der Waals surface area contributed by atoms with Gasteiger partial charge >= 0.3 is 11.9 Å². The number of carbonyl (C=O) groups excluding carboxylic acids is 2. The fourth-order valence-corrected chi connectivity index (χ4v) is 1.32. The number of hydrogen-bond acceptors (Lipinski definition) is 5. The molecule has 5 heteroatoms.